The van der Waals surface area contributed by atoms with Crippen LogP contribution in [0, 0.1) is 0 Å². The van der Waals surface area contributed by atoms with Crippen molar-refractivity contribution in [3.05, 3.63) is 54.1 Å². The van der Waals surface area contributed by atoms with E-state index in [1.54, 1.807) is 18.0 Å². The number of ether oxygens (including phenoxy) is 1. The highest BCUT2D eigenvalue weighted by atomic mass is 32.2. The third-order valence-electron chi connectivity index (χ3n) is 3.91. The van der Waals surface area contributed by atoms with Gasteiger partial charge in [-0.25, -0.2) is 0 Å². The van der Waals surface area contributed by atoms with E-state index in [1.807, 2.05) is 35.4 Å². The number of pyridine rings is 1. The topological polar surface area (TPSA) is 47.4 Å². The Labute approximate surface area is 140 Å². The lowest BCUT2D eigenvalue weighted by Crippen LogP contribution is -2.38. The number of carbonyl (C=O) groups is 1. The minimum atomic E-state index is -0.0311. The highest BCUT2D eigenvalue weighted by Crippen LogP contribution is 2.17. The molecule has 5 nitrogen and oxygen atoms in total. The number of hydrogen-bond donors (Lipinski definition) is 0. The van der Waals surface area contributed by atoms with E-state index in [4.69, 9.17) is 4.74 Å². The summed E-state index contributed by atoms with van der Waals surface area (Å²) in [6.45, 7) is 2.49. The molecule has 122 valence electrons. The molecule has 1 atom stereocenters. The normalized spacial score (nSPS) is 17.6. The minimum absolute atomic E-state index is 0.0311. The first kappa shape index (κ1) is 16.1. The SMILES string of the molecule is CSCC(=O)N1Cc2cccn2C[C@@H](OCc2ccccn2)C1. The molecule has 1 amide bonds. The summed E-state index contributed by atoms with van der Waals surface area (Å²) in [4.78, 5) is 18.5. The smallest absolute Gasteiger partial charge is 0.232 e. The standard InChI is InChI=1S/C17H21N3O2S/c1-23-13-17(21)20-9-15-6-4-8-19(15)10-16(11-20)22-12-14-5-2-3-7-18-14/h2-8,16H,9-13H2,1H3/t16-/m1/s1. The van der Waals surface area contributed by atoms with Crippen LogP contribution in [0.25, 0.3) is 0 Å². The van der Waals surface area contributed by atoms with Crippen LogP contribution in [-0.2, 0) is 29.2 Å². The van der Waals surface area contributed by atoms with Gasteiger partial charge in [0.1, 0.15) is 0 Å². The van der Waals surface area contributed by atoms with E-state index in [0.29, 0.717) is 25.4 Å². The lowest BCUT2D eigenvalue weighted by atomic mass is 10.3. The fourth-order valence-corrected chi connectivity index (χ4v) is 3.18. The molecule has 1 aliphatic rings. The lowest BCUT2D eigenvalue weighted by molar-refractivity contribution is -0.131. The van der Waals surface area contributed by atoms with Gasteiger partial charge in [-0.1, -0.05) is 6.07 Å². The maximum absolute atomic E-state index is 12.3. The Hall–Kier alpha value is -1.79. The number of fused-ring (bicyclic) bond motifs is 1. The van der Waals surface area contributed by atoms with E-state index >= 15 is 0 Å². The molecule has 0 saturated heterocycles. The first-order valence-corrected chi connectivity index (χ1v) is 9.08. The summed E-state index contributed by atoms with van der Waals surface area (Å²) in [7, 11) is 0. The summed E-state index contributed by atoms with van der Waals surface area (Å²) in [6.07, 6.45) is 5.74. The first-order chi connectivity index (χ1) is 11.3. The monoisotopic (exact) mass is 331 g/mol. The molecule has 0 radical (unpaired) electrons. The number of rotatable bonds is 5. The maximum Gasteiger partial charge on any atom is 0.232 e. The average Bonchev–Trinajstić information content (AvgIpc) is 2.92. The molecule has 23 heavy (non-hydrogen) atoms. The van der Waals surface area contributed by atoms with Crippen molar-refractivity contribution in [2.75, 3.05) is 18.6 Å². The first-order valence-electron chi connectivity index (χ1n) is 7.68. The van der Waals surface area contributed by atoms with Gasteiger partial charge in [-0.2, -0.15) is 11.8 Å². The Morgan fingerprint density at radius 3 is 3.04 bits per heavy atom. The van der Waals surface area contributed by atoms with Crippen LogP contribution in [0.15, 0.2) is 42.7 Å². The van der Waals surface area contributed by atoms with Gasteiger partial charge in [-0.05, 0) is 30.5 Å². The summed E-state index contributed by atoms with van der Waals surface area (Å²) in [6, 6.07) is 9.89. The molecule has 0 unspecified atom stereocenters. The Kier molecular flexibility index (Phi) is 5.35. The Morgan fingerprint density at radius 2 is 2.26 bits per heavy atom. The zero-order valence-electron chi connectivity index (χ0n) is 13.2. The van der Waals surface area contributed by atoms with Crippen molar-refractivity contribution in [1.29, 1.82) is 0 Å². The molecule has 0 saturated carbocycles. The van der Waals surface area contributed by atoms with E-state index in [-0.39, 0.29) is 12.0 Å². The van der Waals surface area contributed by atoms with Crippen LogP contribution in [-0.4, -0.2) is 45.0 Å². The fourth-order valence-electron chi connectivity index (χ4n) is 2.75. The minimum Gasteiger partial charge on any atom is -0.368 e. The van der Waals surface area contributed by atoms with Gasteiger partial charge in [0.2, 0.25) is 5.91 Å². The molecule has 0 N–H and O–H groups in total. The number of carbonyl (C=O) groups excluding carboxylic acids is 1. The highest BCUT2D eigenvalue weighted by Gasteiger charge is 2.25. The van der Waals surface area contributed by atoms with Crippen molar-refractivity contribution in [2.45, 2.75) is 25.8 Å². The van der Waals surface area contributed by atoms with Gasteiger partial charge < -0.3 is 14.2 Å². The highest BCUT2D eigenvalue weighted by molar-refractivity contribution is 7.99. The van der Waals surface area contributed by atoms with Crippen LogP contribution < -0.4 is 0 Å². The zero-order valence-corrected chi connectivity index (χ0v) is 14.0. The van der Waals surface area contributed by atoms with Crippen molar-refractivity contribution < 1.29 is 9.53 Å². The van der Waals surface area contributed by atoms with Gasteiger partial charge in [-0.3, -0.25) is 9.78 Å². The van der Waals surface area contributed by atoms with Crippen molar-refractivity contribution in [2.24, 2.45) is 0 Å². The third kappa shape index (κ3) is 4.14. The Balaban J connectivity index is 1.70. The number of aromatic nitrogens is 2. The molecular formula is C17H21N3O2S. The predicted molar refractivity (Wildman–Crippen MR) is 91.0 cm³/mol. The summed E-state index contributed by atoms with van der Waals surface area (Å²) in [5.74, 6) is 0.673. The summed E-state index contributed by atoms with van der Waals surface area (Å²) >= 11 is 1.56. The molecule has 0 aromatic carbocycles. The van der Waals surface area contributed by atoms with Crippen LogP contribution >= 0.6 is 11.8 Å². The summed E-state index contributed by atoms with van der Waals surface area (Å²) in [5.41, 5.74) is 2.06. The molecule has 0 spiro atoms. The molecule has 0 fully saturated rings. The maximum atomic E-state index is 12.3. The molecule has 2 aromatic rings. The van der Waals surface area contributed by atoms with Gasteiger partial charge >= 0.3 is 0 Å². The number of nitrogens with zero attached hydrogens (tertiary/aromatic N) is 3. The molecular weight excluding hydrogens is 310 g/mol. The predicted octanol–water partition coefficient (Wildman–Crippen LogP) is 2.17. The Bertz CT molecular complexity index is 644. The molecule has 2 aromatic heterocycles. The molecule has 1 aliphatic heterocycles. The molecule has 6 heteroatoms. The van der Waals surface area contributed by atoms with Gasteiger partial charge in [0, 0.05) is 24.6 Å². The van der Waals surface area contributed by atoms with Gasteiger partial charge in [-0.15, -0.1) is 0 Å². The summed E-state index contributed by atoms with van der Waals surface area (Å²) in [5, 5.41) is 0. The second-order valence-electron chi connectivity index (χ2n) is 5.61. The zero-order chi connectivity index (χ0) is 16.1. The molecule has 3 rings (SSSR count). The summed E-state index contributed by atoms with van der Waals surface area (Å²) < 4.78 is 8.23. The van der Waals surface area contributed by atoms with E-state index in [1.165, 1.54) is 0 Å². The molecule has 0 aliphatic carbocycles. The number of hydrogen-bond acceptors (Lipinski definition) is 4. The van der Waals surface area contributed by atoms with Crippen molar-refractivity contribution >= 4 is 17.7 Å². The van der Waals surface area contributed by atoms with E-state index < -0.39 is 0 Å². The van der Waals surface area contributed by atoms with Crippen LogP contribution in [0.3, 0.4) is 0 Å². The van der Waals surface area contributed by atoms with Gasteiger partial charge in [0.05, 0.1) is 37.2 Å². The van der Waals surface area contributed by atoms with Crippen molar-refractivity contribution in [1.82, 2.24) is 14.5 Å². The Morgan fingerprint density at radius 1 is 1.35 bits per heavy atom. The average molecular weight is 331 g/mol. The van der Waals surface area contributed by atoms with Crippen LogP contribution in [0.4, 0.5) is 0 Å². The van der Waals surface area contributed by atoms with E-state index in [2.05, 4.69) is 21.8 Å². The largest absolute Gasteiger partial charge is 0.368 e. The van der Waals surface area contributed by atoms with Crippen molar-refractivity contribution in [3.63, 3.8) is 0 Å². The number of thioether (sulfide) groups is 1. The second-order valence-corrected chi connectivity index (χ2v) is 6.48. The molecule has 3 heterocycles. The fraction of sp³-hybridized carbons (Fsp3) is 0.412. The van der Waals surface area contributed by atoms with E-state index in [9.17, 15) is 4.79 Å². The quantitative estimate of drug-likeness (QED) is 0.842. The van der Waals surface area contributed by atoms with Crippen LogP contribution in [0.1, 0.15) is 11.4 Å². The van der Waals surface area contributed by atoms with Gasteiger partial charge in [0.15, 0.2) is 0 Å². The number of amides is 1. The van der Waals surface area contributed by atoms with Crippen LogP contribution in [0.2, 0.25) is 0 Å². The van der Waals surface area contributed by atoms with E-state index in [0.717, 1.165) is 17.9 Å². The molecule has 0 bridgehead atoms. The lowest BCUT2D eigenvalue weighted by Gasteiger charge is -2.24. The second kappa shape index (κ2) is 7.66. The van der Waals surface area contributed by atoms with Gasteiger partial charge in [0.25, 0.3) is 0 Å². The third-order valence-corrected chi connectivity index (χ3v) is 4.45. The van der Waals surface area contributed by atoms with Crippen molar-refractivity contribution in [3.8, 4) is 0 Å². The van der Waals surface area contributed by atoms with Crippen LogP contribution in [0.5, 0.6) is 0 Å².